The van der Waals surface area contributed by atoms with Crippen LogP contribution in [0.3, 0.4) is 0 Å². The molecule has 0 atom stereocenters. The number of hydrogen-bond acceptors (Lipinski definition) is 5. The third-order valence-electron chi connectivity index (χ3n) is 3.82. The van der Waals surface area contributed by atoms with Crippen LogP contribution in [-0.4, -0.2) is 24.8 Å². The molecule has 24 heavy (non-hydrogen) atoms. The maximum Gasteiger partial charge on any atom is 0.369 e. The Bertz CT molecular complexity index is 964. The van der Waals surface area contributed by atoms with Crippen LogP contribution in [0.1, 0.15) is 25.0 Å². The van der Waals surface area contributed by atoms with Gasteiger partial charge in [-0.2, -0.15) is 4.68 Å². The molecule has 0 radical (unpaired) electrons. The number of benzene rings is 1. The van der Waals surface area contributed by atoms with Gasteiger partial charge in [-0.15, -0.1) is 4.68 Å². The minimum absolute atomic E-state index is 0.244. The van der Waals surface area contributed by atoms with E-state index in [4.69, 9.17) is 6.11 Å². The Morgan fingerprint density at radius 3 is 2.79 bits per heavy atom. The highest BCUT2D eigenvalue weighted by Crippen LogP contribution is 2.21. The van der Waals surface area contributed by atoms with Crippen molar-refractivity contribution >= 4 is 0 Å². The van der Waals surface area contributed by atoms with Gasteiger partial charge in [0.15, 0.2) is 5.82 Å². The largest absolute Gasteiger partial charge is 0.488 e. The molecule has 7 heteroatoms. The highest BCUT2D eigenvalue weighted by atomic mass is 16.5. The van der Waals surface area contributed by atoms with E-state index in [-0.39, 0.29) is 12.3 Å². The second kappa shape index (κ2) is 6.66. The Labute approximate surface area is 140 Å². The van der Waals surface area contributed by atoms with Crippen molar-refractivity contribution in [3.63, 3.8) is 0 Å². The van der Waals surface area contributed by atoms with Gasteiger partial charge in [-0.05, 0) is 47.0 Å². The van der Waals surface area contributed by atoms with Crippen molar-refractivity contribution < 1.29 is 6.11 Å². The lowest BCUT2D eigenvalue weighted by atomic mass is 10.1. The van der Waals surface area contributed by atoms with Gasteiger partial charge < -0.3 is 4.74 Å². The van der Waals surface area contributed by atoms with E-state index in [1.807, 2.05) is 19.9 Å². The topological polar surface area (TPSA) is 74.8 Å². The molecule has 2 heterocycles. The summed E-state index contributed by atoms with van der Waals surface area (Å²) in [7, 11) is 1.54. The van der Waals surface area contributed by atoms with Crippen LogP contribution in [0.2, 0.25) is 0 Å². The van der Waals surface area contributed by atoms with E-state index in [9.17, 15) is 4.79 Å². The van der Waals surface area contributed by atoms with Crippen molar-refractivity contribution in [3.8, 4) is 11.6 Å². The fourth-order valence-electron chi connectivity index (χ4n) is 2.45. The lowest BCUT2D eigenvalue weighted by Gasteiger charge is -2.14. The van der Waals surface area contributed by atoms with E-state index in [0.29, 0.717) is 17.6 Å². The second-order valence-corrected chi connectivity index (χ2v) is 5.40. The predicted octanol–water partition coefficient (Wildman–Crippen LogP) is 1.81. The third-order valence-corrected chi connectivity index (χ3v) is 3.82. The first kappa shape index (κ1) is 14.6. The van der Waals surface area contributed by atoms with Crippen molar-refractivity contribution in [1.82, 2.24) is 24.8 Å². The molecule has 0 N–H and O–H groups in total. The van der Waals surface area contributed by atoms with Gasteiger partial charge in [0.05, 0.1) is 1.37 Å². The third kappa shape index (κ3) is 2.92. The first-order valence-corrected chi connectivity index (χ1v) is 7.67. The summed E-state index contributed by atoms with van der Waals surface area (Å²) in [5.41, 5.74) is 2.34. The number of nitrogens with zero attached hydrogens (tertiary/aromatic N) is 5. The van der Waals surface area contributed by atoms with Crippen molar-refractivity contribution in [2.75, 3.05) is 0 Å². The Morgan fingerprint density at radius 2 is 2.12 bits per heavy atom. The van der Waals surface area contributed by atoms with Crippen LogP contribution in [0.25, 0.3) is 5.82 Å². The van der Waals surface area contributed by atoms with Crippen LogP contribution in [0.4, 0.5) is 0 Å². The highest BCUT2D eigenvalue weighted by molar-refractivity contribution is 5.40. The first-order chi connectivity index (χ1) is 12.0. The van der Waals surface area contributed by atoms with Gasteiger partial charge in [0.1, 0.15) is 12.4 Å². The molecule has 0 bridgehead atoms. The zero-order valence-corrected chi connectivity index (χ0v) is 13.9. The minimum Gasteiger partial charge on any atom is -0.488 e. The van der Waals surface area contributed by atoms with E-state index < -0.39 is 0 Å². The van der Waals surface area contributed by atoms with Crippen molar-refractivity contribution in [2.45, 2.75) is 26.9 Å². The molecule has 0 aliphatic heterocycles. The van der Waals surface area contributed by atoms with E-state index in [1.165, 1.54) is 11.7 Å². The zero-order chi connectivity index (χ0) is 18.0. The van der Waals surface area contributed by atoms with Crippen LogP contribution >= 0.6 is 0 Å². The maximum atomic E-state index is 12.2. The van der Waals surface area contributed by atoms with Crippen LogP contribution in [-0.2, 0) is 20.1 Å². The van der Waals surface area contributed by atoms with Gasteiger partial charge in [-0.3, -0.25) is 0 Å². The van der Waals surface area contributed by atoms with E-state index >= 15 is 0 Å². The minimum atomic E-state index is -0.364. The molecule has 0 amide bonds. The molecule has 0 unspecified atom stereocenters. The molecule has 0 fully saturated rings. The number of tetrazole rings is 1. The normalized spacial score (nSPS) is 11.4. The SMILES string of the molecule is [3H]c1ccc(OCc2c(CC)ccnc2-n2nnn(C)c2=O)c(C)c1. The van der Waals surface area contributed by atoms with E-state index in [2.05, 4.69) is 15.4 Å². The number of aromatic nitrogens is 5. The Hall–Kier alpha value is -2.96. The highest BCUT2D eigenvalue weighted by Gasteiger charge is 2.16. The Kier molecular flexibility index (Phi) is 4.05. The summed E-state index contributed by atoms with van der Waals surface area (Å²) in [5.74, 6) is 1.12. The van der Waals surface area contributed by atoms with E-state index in [1.54, 1.807) is 24.4 Å². The van der Waals surface area contributed by atoms with Crippen molar-refractivity contribution in [3.05, 3.63) is 63.7 Å². The number of aryl methyl sites for hydroxylation is 3. The average Bonchev–Trinajstić information content (AvgIpc) is 2.93. The number of pyridine rings is 1. The van der Waals surface area contributed by atoms with Gasteiger partial charge in [-0.1, -0.05) is 25.1 Å². The predicted molar refractivity (Wildman–Crippen MR) is 89.3 cm³/mol. The fraction of sp³-hybridized carbons (Fsp3) is 0.294. The summed E-state index contributed by atoms with van der Waals surface area (Å²) in [4.78, 5) is 16.5. The Morgan fingerprint density at radius 1 is 1.29 bits per heavy atom. The lowest BCUT2D eigenvalue weighted by Crippen LogP contribution is -2.24. The summed E-state index contributed by atoms with van der Waals surface area (Å²) < 4.78 is 15.9. The number of hydrogen-bond donors (Lipinski definition) is 0. The smallest absolute Gasteiger partial charge is 0.369 e. The van der Waals surface area contributed by atoms with Gasteiger partial charge in [0, 0.05) is 18.8 Å². The van der Waals surface area contributed by atoms with Crippen molar-refractivity contribution in [1.29, 1.82) is 0 Å². The van der Waals surface area contributed by atoms with Gasteiger partial charge in [0.2, 0.25) is 0 Å². The molecule has 3 rings (SSSR count). The number of para-hydroxylation sites is 1. The molecule has 0 saturated heterocycles. The quantitative estimate of drug-likeness (QED) is 0.714. The zero-order valence-electron chi connectivity index (χ0n) is 14.9. The average molecular weight is 327 g/mol. The molecule has 124 valence electrons. The van der Waals surface area contributed by atoms with Crippen LogP contribution in [0.5, 0.6) is 5.75 Å². The summed E-state index contributed by atoms with van der Waals surface area (Å²) in [5, 5.41) is 7.63. The van der Waals surface area contributed by atoms with Crippen LogP contribution in [0.15, 0.2) is 41.3 Å². The van der Waals surface area contributed by atoms with Crippen LogP contribution in [0, 0.1) is 6.92 Å². The summed E-state index contributed by atoms with van der Waals surface area (Å²) in [6.45, 7) is 4.17. The molecule has 7 nitrogen and oxygen atoms in total. The molecule has 3 aromatic rings. The molecule has 0 aliphatic rings. The summed E-state index contributed by atoms with van der Waals surface area (Å²) in [6, 6.07) is 7.54. The fourth-order valence-corrected chi connectivity index (χ4v) is 2.45. The van der Waals surface area contributed by atoms with Gasteiger partial charge in [-0.25, -0.2) is 9.78 Å². The van der Waals surface area contributed by atoms with E-state index in [0.717, 1.165) is 27.8 Å². The summed E-state index contributed by atoms with van der Waals surface area (Å²) in [6.07, 6.45) is 2.42. The Balaban J connectivity index is 1.99. The van der Waals surface area contributed by atoms with Crippen molar-refractivity contribution in [2.24, 2.45) is 7.05 Å². The summed E-state index contributed by atoms with van der Waals surface area (Å²) >= 11 is 0. The maximum absolute atomic E-state index is 12.2. The first-order valence-electron chi connectivity index (χ1n) is 8.17. The number of rotatable bonds is 5. The van der Waals surface area contributed by atoms with Crippen LogP contribution < -0.4 is 10.4 Å². The molecule has 1 aromatic carbocycles. The van der Waals surface area contributed by atoms with Gasteiger partial charge >= 0.3 is 5.69 Å². The molecule has 2 aromatic heterocycles. The second-order valence-electron chi connectivity index (χ2n) is 5.40. The molecular formula is C17H19N5O2. The lowest BCUT2D eigenvalue weighted by molar-refractivity contribution is 0.301. The molecule has 0 saturated carbocycles. The standard InChI is InChI=1S/C17H19N5O2/c1-4-13-9-10-18-16(22-17(23)21(3)19-20-22)14(13)11-24-15-8-6-5-7-12(15)2/h5-10H,4,11H2,1-3H3/i5T. The molecule has 0 spiro atoms. The van der Waals surface area contributed by atoms with Gasteiger partial charge in [0.25, 0.3) is 0 Å². The molecular weight excluding hydrogens is 306 g/mol. The molecule has 0 aliphatic carbocycles. The monoisotopic (exact) mass is 327 g/mol. The number of ether oxygens (including phenoxy) is 1.